The molecule has 0 bridgehead atoms. The third-order valence-corrected chi connectivity index (χ3v) is 11.5. The van der Waals surface area contributed by atoms with Crippen LogP contribution in [0.3, 0.4) is 0 Å². The largest absolute Gasteiger partial charge is 0.381 e. The van der Waals surface area contributed by atoms with E-state index in [2.05, 4.69) is 86.8 Å². The zero-order valence-electron chi connectivity index (χ0n) is 38.9. The summed E-state index contributed by atoms with van der Waals surface area (Å²) >= 11 is 0. The van der Waals surface area contributed by atoms with Gasteiger partial charge in [0.1, 0.15) is 0 Å². The van der Waals surface area contributed by atoms with Gasteiger partial charge in [0.15, 0.2) is 5.79 Å². The highest BCUT2D eigenvalue weighted by atomic mass is 16.8. The van der Waals surface area contributed by atoms with Gasteiger partial charge in [-0.25, -0.2) is 0 Å². The molecule has 57 heavy (non-hydrogen) atoms. The van der Waals surface area contributed by atoms with Crippen LogP contribution in [0.4, 0.5) is 0 Å². The summed E-state index contributed by atoms with van der Waals surface area (Å²) in [6.45, 7) is 8.32. The maximum Gasteiger partial charge on any atom is 0.169 e. The predicted molar refractivity (Wildman–Crippen MR) is 251 cm³/mol. The quantitative estimate of drug-likeness (QED) is 0.0492. The predicted octanol–water partition coefficient (Wildman–Crippen LogP) is 15.0. The van der Waals surface area contributed by atoms with Gasteiger partial charge in [-0.05, 0) is 130 Å². The second-order valence-corrected chi connectivity index (χ2v) is 17.4. The lowest BCUT2D eigenvalue weighted by Crippen LogP contribution is -2.31. The lowest BCUT2D eigenvalue weighted by atomic mass is 9.98. The molecule has 1 rings (SSSR count). The second-order valence-electron chi connectivity index (χ2n) is 17.4. The monoisotopic (exact) mass is 799 g/mol. The first kappa shape index (κ1) is 53.8. The van der Waals surface area contributed by atoms with Gasteiger partial charge in [-0.15, -0.1) is 0 Å². The second kappa shape index (κ2) is 41.5. The van der Waals surface area contributed by atoms with Gasteiger partial charge in [0.25, 0.3) is 0 Å². The Hall–Kier alpha value is -1.24. The molecule has 0 amide bonds. The van der Waals surface area contributed by atoms with Crippen LogP contribution in [0.5, 0.6) is 0 Å². The van der Waals surface area contributed by atoms with Crippen molar-refractivity contribution in [3.63, 3.8) is 0 Å². The van der Waals surface area contributed by atoms with Crippen LogP contribution in [-0.4, -0.2) is 70.3 Å². The van der Waals surface area contributed by atoms with E-state index in [1.54, 1.807) is 0 Å². The van der Waals surface area contributed by atoms with Gasteiger partial charge < -0.3 is 24.4 Å². The van der Waals surface area contributed by atoms with Gasteiger partial charge in [-0.1, -0.05) is 152 Å². The molecule has 1 fully saturated rings. The maximum absolute atomic E-state index is 7.06. The number of hydrogen-bond acceptors (Lipinski definition) is 5. The fourth-order valence-electron chi connectivity index (χ4n) is 7.89. The van der Waals surface area contributed by atoms with Gasteiger partial charge in [-0.2, -0.15) is 0 Å². The molecule has 1 saturated heterocycles. The molecular weight excluding hydrogens is 701 g/mol. The van der Waals surface area contributed by atoms with Crippen molar-refractivity contribution in [3.05, 3.63) is 48.6 Å². The highest BCUT2D eigenvalue weighted by Crippen LogP contribution is 2.40. The molecule has 1 heterocycles. The molecule has 2 atom stereocenters. The SMILES string of the molecule is CCCCCC=CCC=CCCCCCCCCC1(CCCCCCCCC=CCC=CCCCCC)OC(CCOCCCCCCNC)C(CCN(C)C)O1. The van der Waals surface area contributed by atoms with Gasteiger partial charge in [0, 0.05) is 32.6 Å². The van der Waals surface area contributed by atoms with Crippen molar-refractivity contribution in [2.45, 2.75) is 237 Å². The van der Waals surface area contributed by atoms with Crippen LogP contribution < -0.4 is 5.32 Å². The summed E-state index contributed by atoms with van der Waals surface area (Å²) in [5, 5.41) is 3.25. The van der Waals surface area contributed by atoms with E-state index in [1.165, 1.54) is 161 Å². The van der Waals surface area contributed by atoms with Crippen LogP contribution in [0, 0.1) is 0 Å². The number of unbranched alkanes of at least 4 members (excludes halogenated alkanes) is 21. The lowest BCUT2D eigenvalue weighted by molar-refractivity contribution is -0.188. The average molecular weight is 799 g/mol. The van der Waals surface area contributed by atoms with E-state index < -0.39 is 5.79 Å². The van der Waals surface area contributed by atoms with Crippen LogP contribution in [0.15, 0.2) is 48.6 Å². The smallest absolute Gasteiger partial charge is 0.169 e. The van der Waals surface area contributed by atoms with E-state index in [1.807, 2.05) is 7.05 Å². The van der Waals surface area contributed by atoms with Gasteiger partial charge in [0.05, 0.1) is 12.2 Å². The van der Waals surface area contributed by atoms with Crippen molar-refractivity contribution < 1.29 is 14.2 Å². The van der Waals surface area contributed by atoms with Crippen molar-refractivity contribution in [1.82, 2.24) is 10.2 Å². The molecule has 0 aromatic rings. The molecular formula is C52H98N2O3. The molecule has 0 aromatic heterocycles. The molecule has 5 heteroatoms. The van der Waals surface area contributed by atoms with Crippen molar-refractivity contribution in [2.24, 2.45) is 0 Å². The first-order valence-electron chi connectivity index (χ1n) is 24.9. The van der Waals surface area contributed by atoms with E-state index in [4.69, 9.17) is 14.2 Å². The van der Waals surface area contributed by atoms with Crippen molar-refractivity contribution in [2.75, 3.05) is 47.4 Å². The summed E-state index contributed by atoms with van der Waals surface area (Å²) in [7, 11) is 6.38. The number of nitrogens with one attached hydrogen (secondary N) is 1. The minimum absolute atomic E-state index is 0.134. The molecule has 334 valence electrons. The molecule has 1 N–H and O–H groups in total. The van der Waals surface area contributed by atoms with Crippen LogP contribution in [0.1, 0.15) is 219 Å². The summed E-state index contributed by atoms with van der Waals surface area (Å²) in [4.78, 5) is 2.29. The van der Waals surface area contributed by atoms with E-state index >= 15 is 0 Å². The summed E-state index contributed by atoms with van der Waals surface area (Å²) in [5.41, 5.74) is 0. The summed E-state index contributed by atoms with van der Waals surface area (Å²) in [6.07, 6.45) is 58.8. The highest BCUT2D eigenvalue weighted by Gasteiger charge is 2.46. The molecule has 0 radical (unpaired) electrons. The van der Waals surface area contributed by atoms with Crippen LogP contribution in [0.25, 0.3) is 0 Å². The number of allylic oxidation sites excluding steroid dienone is 8. The zero-order valence-corrected chi connectivity index (χ0v) is 38.9. The first-order valence-corrected chi connectivity index (χ1v) is 24.9. The lowest BCUT2D eigenvalue weighted by Gasteiger charge is -2.29. The Balaban J connectivity index is 2.52. The van der Waals surface area contributed by atoms with Gasteiger partial charge in [0.2, 0.25) is 0 Å². The molecule has 0 aromatic carbocycles. The number of hydrogen-bond donors (Lipinski definition) is 1. The van der Waals surface area contributed by atoms with E-state index in [0.29, 0.717) is 0 Å². The fraction of sp³-hybridized carbons (Fsp3) is 0.846. The Labute approximate surface area is 356 Å². The average Bonchev–Trinajstić information content (AvgIpc) is 3.56. The molecule has 5 nitrogen and oxygen atoms in total. The van der Waals surface area contributed by atoms with Crippen LogP contribution in [-0.2, 0) is 14.2 Å². The molecule has 1 aliphatic rings. The number of nitrogens with zero attached hydrogens (tertiary/aromatic N) is 1. The molecule has 0 aliphatic carbocycles. The van der Waals surface area contributed by atoms with Crippen LogP contribution >= 0.6 is 0 Å². The minimum atomic E-state index is -0.417. The topological polar surface area (TPSA) is 43.0 Å². The Bertz CT molecular complexity index is 896. The highest BCUT2D eigenvalue weighted by molar-refractivity contribution is 4.94. The summed E-state index contributed by atoms with van der Waals surface area (Å²) < 4.78 is 20.3. The Morgan fingerprint density at radius 2 is 0.912 bits per heavy atom. The molecule has 1 aliphatic heterocycles. The normalized spacial score (nSPS) is 19.0. The maximum atomic E-state index is 7.06. The van der Waals surface area contributed by atoms with Gasteiger partial charge in [-0.3, -0.25) is 0 Å². The first-order chi connectivity index (χ1) is 28.1. The summed E-state index contributed by atoms with van der Waals surface area (Å²) in [6, 6.07) is 0. The third kappa shape index (κ3) is 34.2. The Kier molecular flexibility index (Phi) is 39.1. The van der Waals surface area contributed by atoms with Crippen molar-refractivity contribution in [1.29, 1.82) is 0 Å². The van der Waals surface area contributed by atoms with Crippen LogP contribution in [0.2, 0.25) is 0 Å². The number of rotatable bonds is 43. The van der Waals surface area contributed by atoms with E-state index in [9.17, 15) is 0 Å². The standard InChI is InChI=1S/C52H98N2O3/c1-6-8-10-12-14-16-18-20-22-24-26-28-30-32-34-38-44-52(45-39-35-33-31-29-27-25-23-21-19-17-15-13-11-9-7-2)56-50(42-47-54(4)5)51(57-52)43-49-55-48-41-37-36-40-46-53-3/h14-17,20-23,50-51,53H,6-13,18-19,24-49H2,1-5H3. The van der Waals surface area contributed by atoms with Crippen molar-refractivity contribution in [3.8, 4) is 0 Å². The molecule has 2 unspecified atom stereocenters. The summed E-state index contributed by atoms with van der Waals surface area (Å²) in [5.74, 6) is -0.417. The third-order valence-electron chi connectivity index (χ3n) is 11.5. The number of ether oxygens (including phenoxy) is 3. The Morgan fingerprint density at radius 3 is 1.39 bits per heavy atom. The van der Waals surface area contributed by atoms with Crippen molar-refractivity contribution >= 4 is 0 Å². The fourth-order valence-corrected chi connectivity index (χ4v) is 7.89. The zero-order chi connectivity index (χ0) is 41.2. The van der Waals surface area contributed by atoms with E-state index in [0.717, 1.165) is 71.2 Å². The van der Waals surface area contributed by atoms with E-state index in [-0.39, 0.29) is 12.2 Å². The Morgan fingerprint density at radius 1 is 0.491 bits per heavy atom. The molecule has 0 spiro atoms. The minimum Gasteiger partial charge on any atom is -0.381 e. The van der Waals surface area contributed by atoms with Gasteiger partial charge >= 0.3 is 0 Å². The molecule has 0 saturated carbocycles.